The number of aliphatic hydroxyl groups is 1. The van der Waals surface area contributed by atoms with Crippen LogP contribution in [0.1, 0.15) is 49.8 Å². The molecule has 0 aromatic heterocycles. The number of methoxy groups -OCH3 is 1. The first-order chi connectivity index (χ1) is 18.9. The summed E-state index contributed by atoms with van der Waals surface area (Å²) in [5.74, 6) is -0.347. The number of benzene rings is 2. The highest BCUT2D eigenvalue weighted by atomic mass is 32.2. The van der Waals surface area contributed by atoms with Gasteiger partial charge in [-0.1, -0.05) is 44.2 Å². The number of alkyl halides is 3. The SMILES string of the molecule is CCCN(CCC)S(=O)(=O)CCC(=O)N[C@@H](Cc1cccc(C(F)(F)F)c1)[C@@H](O)CNCc1cccc(OC)c1. The monoisotopic (exact) mass is 587 g/mol. The Kier molecular flexibility index (Phi) is 13.4. The molecule has 0 saturated heterocycles. The van der Waals surface area contributed by atoms with Crippen LogP contribution in [0.2, 0.25) is 0 Å². The van der Waals surface area contributed by atoms with Gasteiger partial charge in [-0.2, -0.15) is 13.2 Å². The van der Waals surface area contributed by atoms with Crippen molar-refractivity contribution < 1.29 is 36.2 Å². The van der Waals surface area contributed by atoms with Crippen LogP contribution >= 0.6 is 0 Å². The summed E-state index contributed by atoms with van der Waals surface area (Å²) in [5, 5.41) is 16.7. The molecular weight excluding hydrogens is 547 g/mol. The molecule has 0 aliphatic heterocycles. The zero-order chi connectivity index (χ0) is 29.8. The van der Waals surface area contributed by atoms with Crippen LogP contribution in [0.5, 0.6) is 5.75 Å². The number of carbonyl (C=O) groups is 1. The number of ether oxygens (including phenoxy) is 1. The Morgan fingerprint density at radius 2 is 1.70 bits per heavy atom. The summed E-state index contributed by atoms with van der Waals surface area (Å²) in [5.41, 5.74) is 0.328. The third-order valence-electron chi connectivity index (χ3n) is 6.26. The molecular formula is C28H40F3N3O5S. The zero-order valence-electron chi connectivity index (χ0n) is 23.2. The highest BCUT2D eigenvalue weighted by Gasteiger charge is 2.31. The highest BCUT2D eigenvalue weighted by molar-refractivity contribution is 7.89. The molecule has 0 heterocycles. The van der Waals surface area contributed by atoms with Crippen LogP contribution in [-0.2, 0) is 34.0 Å². The van der Waals surface area contributed by atoms with Crippen LogP contribution in [-0.4, -0.2) is 68.4 Å². The van der Waals surface area contributed by atoms with E-state index in [4.69, 9.17) is 4.74 Å². The molecule has 0 spiro atoms. The smallest absolute Gasteiger partial charge is 0.416 e. The lowest BCUT2D eigenvalue weighted by Gasteiger charge is -2.26. The third-order valence-corrected chi connectivity index (χ3v) is 8.14. The second-order valence-electron chi connectivity index (χ2n) is 9.59. The maximum absolute atomic E-state index is 13.2. The van der Waals surface area contributed by atoms with E-state index in [9.17, 15) is 31.5 Å². The van der Waals surface area contributed by atoms with Gasteiger partial charge in [0.15, 0.2) is 0 Å². The molecule has 0 aliphatic carbocycles. The van der Waals surface area contributed by atoms with E-state index in [1.54, 1.807) is 13.2 Å². The van der Waals surface area contributed by atoms with Crippen LogP contribution in [0, 0.1) is 0 Å². The molecule has 2 rings (SSSR count). The van der Waals surface area contributed by atoms with Crippen molar-refractivity contribution in [2.24, 2.45) is 0 Å². The number of rotatable bonds is 17. The maximum Gasteiger partial charge on any atom is 0.416 e. The molecule has 2 aromatic carbocycles. The van der Waals surface area contributed by atoms with Gasteiger partial charge in [-0.15, -0.1) is 0 Å². The summed E-state index contributed by atoms with van der Waals surface area (Å²) < 4.78 is 71.8. The Labute approximate surface area is 235 Å². The molecule has 40 heavy (non-hydrogen) atoms. The van der Waals surface area contributed by atoms with Crippen LogP contribution in [0.4, 0.5) is 13.2 Å². The van der Waals surface area contributed by atoms with Gasteiger partial charge in [-0.3, -0.25) is 4.79 Å². The third kappa shape index (κ3) is 11.1. The van der Waals surface area contributed by atoms with Gasteiger partial charge >= 0.3 is 6.18 Å². The molecule has 12 heteroatoms. The number of halogens is 3. The van der Waals surface area contributed by atoms with Crippen LogP contribution in [0.15, 0.2) is 48.5 Å². The molecule has 0 radical (unpaired) electrons. The lowest BCUT2D eigenvalue weighted by Crippen LogP contribution is -2.49. The fourth-order valence-corrected chi connectivity index (χ4v) is 5.84. The van der Waals surface area contributed by atoms with Crippen molar-refractivity contribution in [3.05, 3.63) is 65.2 Å². The van der Waals surface area contributed by atoms with Crippen molar-refractivity contribution in [3.8, 4) is 5.75 Å². The molecule has 224 valence electrons. The molecule has 0 aliphatic rings. The molecule has 0 fully saturated rings. The normalized spacial score (nSPS) is 13.7. The summed E-state index contributed by atoms with van der Waals surface area (Å²) in [6.45, 7) is 4.85. The van der Waals surface area contributed by atoms with E-state index in [1.807, 2.05) is 32.0 Å². The lowest BCUT2D eigenvalue weighted by molar-refractivity contribution is -0.137. The molecule has 8 nitrogen and oxygen atoms in total. The van der Waals surface area contributed by atoms with Gasteiger partial charge in [0.1, 0.15) is 5.75 Å². The number of hydrogen-bond donors (Lipinski definition) is 3. The van der Waals surface area contributed by atoms with Gasteiger partial charge in [0.05, 0.1) is 30.6 Å². The maximum atomic E-state index is 13.2. The average molecular weight is 588 g/mol. The van der Waals surface area contributed by atoms with Crippen LogP contribution in [0.3, 0.4) is 0 Å². The number of nitrogens with one attached hydrogen (secondary N) is 2. The number of amides is 1. The number of nitrogens with zero attached hydrogens (tertiary/aromatic N) is 1. The van der Waals surface area contributed by atoms with Gasteiger partial charge in [-0.25, -0.2) is 12.7 Å². The van der Waals surface area contributed by atoms with E-state index in [1.165, 1.54) is 16.4 Å². The van der Waals surface area contributed by atoms with E-state index in [-0.39, 0.29) is 24.9 Å². The fraction of sp³-hybridized carbons (Fsp3) is 0.536. The number of hydrogen-bond acceptors (Lipinski definition) is 6. The Bertz CT molecular complexity index is 1170. The zero-order valence-corrected chi connectivity index (χ0v) is 24.0. The number of carbonyl (C=O) groups excluding carboxylic acids is 1. The largest absolute Gasteiger partial charge is 0.497 e. The van der Waals surface area contributed by atoms with Crippen molar-refractivity contribution in [2.45, 2.75) is 64.4 Å². The Morgan fingerprint density at radius 3 is 2.33 bits per heavy atom. The minimum absolute atomic E-state index is 0.0280. The first-order valence-electron chi connectivity index (χ1n) is 13.3. The summed E-state index contributed by atoms with van der Waals surface area (Å²) in [4.78, 5) is 12.8. The van der Waals surface area contributed by atoms with E-state index in [0.717, 1.165) is 17.7 Å². The molecule has 2 aromatic rings. The Morgan fingerprint density at radius 1 is 1.05 bits per heavy atom. The lowest BCUT2D eigenvalue weighted by atomic mass is 9.99. The van der Waals surface area contributed by atoms with Gasteiger partial charge < -0.3 is 20.5 Å². The van der Waals surface area contributed by atoms with Crippen molar-refractivity contribution in [1.29, 1.82) is 0 Å². The molecule has 0 unspecified atom stereocenters. The Hall–Kier alpha value is -2.67. The summed E-state index contributed by atoms with van der Waals surface area (Å²) in [7, 11) is -2.12. The first kappa shape index (κ1) is 33.5. The van der Waals surface area contributed by atoms with E-state index in [0.29, 0.717) is 38.2 Å². The topological polar surface area (TPSA) is 108 Å². The van der Waals surface area contributed by atoms with E-state index >= 15 is 0 Å². The molecule has 2 atom stereocenters. The van der Waals surface area contributed by atoms with Crippen LogP contribution < -0.4 is 15.4 Å². The Balaban J connectivity index is 2.12. The second kappa shape index (κ2) is 15.9. The molecule has 0 bridgehead atoms. The minimum Gasteiger partial charge on any atom is -0.497 e. The van der Waals surface area contributed by atoms with Crippen LogP contribution in [0.25, 0.3) is 0 Å². The van der Waals surface area contributed by atoms with Gasteiger partial charge in [0.25, 0.3) is 0 Å². The predicted molar refractivity (Wildman–Crippen MR) is 148 cm³/mol. The highest BCUT2D eigenvalue weighted by Crippen LogP contribution is 2.29. The van der Waals surface area contributed by atoms with Crippen molar-refractivity contribution in [1.82, 2.24) is 14.9 Å². The predicted octanol–water partition coefficient (Wildman–Crippen LogP) is 3.73. The fourth-order valence-electron chi connectivity index (χ4n) is 4.22. The molecule has 3 N–H and O–H groups in total. The number of sulfonamides is 1. The number of aliphatic hydroxyl groups excluding tert-OH is 1. The van der Waals surface area contributed by atoms with Gasteiger partial charge in [0.2, 0.25) is 15.9 Å². The van der Waals surface area contributed by atoms with Crippen molar-refractivity contribution >= 4 is 15.9 Å². The second-order valence-corrected chi connectivity index (χ2v) is 11.7. The standard InChI is InChI=1S/C28H40F3N3O5S/c1-4-13-34(14-5-2)40(37,38)15-12-27(36)33-25(18-21-8-6-10-23(16-21)28(29,30)31)26(35)20-32-19-22-9-7-11-24(17-22)39-3/h6-11,16-17,25-26,32,35H,4-5,12-15,18-20H2,1-3H3,(H,33,36)/t25-,26-/m0/s1. The first-order valence-corrected chi connectivity index (χ1v) is 15.0. The van der Waals surface area contributed by atoms with Crippen molar-refractivity contribution in [2.75, 3.05) is 32.5 Å². The summed E-state index contributed by atoms with van der Waals surface area (Å²) >= 11 is 0. The van der Waals surface area contributed by atoms with Gasteiger partial charge in [-0.05, 0) is 48.6 Å². The minimum atomic E-state index is -4.54. The average Bonchev–Trinajstić information content (AvgIpc) is 2.91. The molecule has 0 saturated carbocycles. The quantitative estimate of drug-likeness (QED) is 0.260. The van der Waals surface area contributed by atoms with E-state index in [2.05, 4.69) is 10.6 Å². The van der Waals surface area contributed by atoms with Crippen molar-refractivity contribution in [3.63, 3.8) is 0 Å². The van der Waals surface area contributed by atoms with E-state index < -0.39 is 45.6 Å². The summed E-state index contributed by atoms with van der Waals surface area (Å²) in [6, 6.07) is 11.0. The van der Waals surface area contributed by atoms with Gasteiger partial charge in [0, 0.05) is 32.6 Å². The summed E-state index contributed by atoms with van der Waals surface area (Å²) in [6.07, 6.45) is -4.85. The molecule has 1 amide bonds.